The third-order valence-electron chi connectivity index (χ3n) is 3.29. The van der Waals surface area contributed by atoms with Crippen molar-refractivity contribution in [2.75, 3.05) is 19.6 Å². The van der Waals surface area contributed by atoms with Gasteiger partial charge in [0.15, 0.2) is 5.76 Å². The fourth-order valence-corrected chi connectivity index (χ4v) is 2.36. The first-order valence-corrected chi connectivity index (χ1v) is 6.25. The number of carbonyl (C=O) groups excluding carboxylic acids is 1. The van der Waals surface area contributed by atoms with Gasteiger partial charge in [-0.2, -0.15) is 0 Å². The van der Waals surface area contributed by atoms with E-state index in [4.69, 9.17) is 4.42 Å². The predicted octanol–water partition coefficient (Wildman–Crippen LogP) is 2.29. The minimum Gasteiger partial charge on any atom is -0.451 e. The number of hydrogen-bond donors (Lipinski definition) is 1. The molecule has 3 rings (SSSR count). The number of benzene rings is 1. The van der Waals surface area contributed by atoms with E-state index in [1.807, 2.05) is 35.2 Å². The number of nitrogens with zero attached hydrogens (tertiary/aromatic N) is 1. The van der Waals surface area contributed by atoms with Crippen molar-refractivity contribution >= 4 is 29.3 Å². The Balaban J connectivity index is 0.00000133. The van der Waals surface area contributed by atoms with Crippen molar-refractivity contribution in [2.45, 2.75) is 13.0 Å². The highest BCUT2D eigenvalue weighted by Gasteiger charge is 2.24. The van der Waals surface area contributed by atoms with Gasteiger partial charge in [0.25, 0.3) is 5.91 Å². The number of rotatable bonds is 1. The van der Waals surface area contributed by atoms with Gasteiger partial charge in [-0.05, 0) is 19.1 Å². The molecule has 5 heteroatoms. The molecule has 1 fully saturated rings. The van der Waals surface area contributed by atoms with E-state index in [2.05, 4.69) is 12.2 Å². The quantitative estimate of drug-likeness (QED) is 0.872. The highest BCUT2D eigenvalue weighted by molar-refractivity contribution is 5.96. The van der Waals surface area contributed by atoms with Gasteiger partial charge in [0, 0.05) is 31.1 Å². The number of halogens is 1. The van der Waals surface area contributed by atoms with Gasteiger partial charge < -0.3 is 14.6 Å². The van der Waals surface area contributed by atoms with Crippen molar-refractivity contribution in [3.8, 4) is 0 Å². The molecule has 4 nitrogen and oxygen atoms in total. The van der Waals surface area contributed by atoms with Gasteiger partial charge in [-0.25, -0.2) is 0 Å². The molecule has 1 aliphatic rings. The lowest BCUT2D eigenvalue weighted by atomic mass is 10.2. The van der Waals surface area contributed by atoms with E-state index >= 15 is 0 Å². The van der Waals surface area contributed by atoms with Crippen LogP contribution in [0.2, 0.25) is 0 Å². The molecule has 0 bridgehead atoms. The Morgan fingerprint density at radius 1 is 1.42 bits per heavy atom. The third-order valence-corrected chi connectivity index (χ3v) is 3.29. The summed E-state index contributed by atoms with van der Waals surface area (Å²) in [6, 6.07) is 9.85. The smallest absolute Gasteiger partial charge is 0.289 e. The van der Waals surface area contributed by atoms with E-state index in [-0.39, 0.29) is 18.3 Å². The van der Waals surface area contributed by atoms with Crippen molar-refractivity contribution in [3.05, 3.63) is 36.1 Å². The van der Waals surface area contributed by atoms with Crippen LogP contribution in [0, 0.1) is 0 Å². The zero-order valence-corrected chi connectivity index (χ0v) is 11.6. The maximum atomic E-state index is 12.3. The summed E-state index contributed by atoms with van der Waals surface area (Å²) in [5.74, 6) is 0.421. The minimum absolute atomic E-state index is 0. The molecule has 0 aliphatic carbocycles. The number of para-hydroxylation sites is 1. The molecule has 1 aromatic carbocycles. The van der Waals surface area contributed by atoms with Crippen LogP contribution in [0.3, 0.4) is 0 Å². The van der Waals surface area contributed by atoms with Gasteiger partial charge in [-0.1, -0.05) is 18.2 Å². The van der Waals surface area contributed by atoms with Crippen molar-refractivity contribution in [1.29, 1.82) is 0 Å². The Kier molecular flexibility index (Phi) is 4.12. The van der Waals surface area contributed by atoms with E-state index in [0.29, 0.717) is 11.8 Å². The summed E-state index contributed by atoms with van der Waals surface area (Å²) in [5, 5.41) is 4.30. The second-order valence-electron chi connectivity index (χ2n) is 4.75. The van der Waals surface area contributed by atoms with E-state index in [1.54, 1.807) is 0 Å². The molecule has 0 radical (unpaired) electrons. The Morgan fingerprint density at radius 3 is 2.95 bits per heavy atom. The van der Waals surface area contributed by atoms with E-state index in [0.717, 1.165) is 30.6 Å². The van der Waals surface area contributed by atoms with Crippen LogP contribution in [0.5, 0.6) is 0 Å². The summed E-state index contributed by atoms with van der Waals surface area (Å²) in [6.45, 7) is 4.39. The first-order valence-electron chi connectivity index (χ1n) is 6.25. The topological polar surface area (TPSA) is 45.5 Å². The van der Waals surface area contributed by atoms with Gasteiger partial charge in [-0.3, -0.25) is 4.79 Å². The Labute approximate surface area is 118 Å². The number of furan rings is 1. The van der Waals surface area contributed by atoms with Crippen molar-refractivity contribution in [1.82, 2.24) is 10.2 Å². The molecule has 0 spiro atoms. The summed E-state index contributed by atoms with van der Waals surface area (Å²) >= 11 is 0. The first-order chi connectivity index (χ1) is 8.74. The number of fused-ring (bicyclic) bond motifs is 1. The van der Waals surface area contributed by atoms with Gasteiger partial charge in [0.1, 0.15) is 5.58 Å². The van der Waals surface area contributed by atoms with Crippen molar-refractivity contribution in [3.63, 3.8) is 0 Å². The summed E-state index contributed by atoms with van der Waals surface area (Å²) in [5.41, 5.74) is 0.768. The molecule has 19 heavy (non-hydrogen) atoms. The van der Waals surface area contributed by atoms with Crippen LogP contribution in [-0.2, 0) is 0 Å². The molecule has 1 aromatic heterocycles. The summed E-state index contributed by atoms with van der Waals surface area (Å²) in [7, 11) is 0. The molecule has 0 unspecified atom stereocenters. The number of hydrogen-bond acceptors (Lipinski definition) is 3. The van der Waals surface area contributed by atoms with Crippen molar-refractivity contribution < 1.29 is 9.21 Å². The SMILES string of the molecule is C[C@@H]1CN(C(=O)c2cc3ccccc3o2)CCN1.Cl. The van der Waals surface area contributed by atoms with Gasteiger partial charge in [0.2, 0.25) is 0 Å². The maximum Gasteiger partial charge on any atom is 0.289 e. The monoisotopic (exact) mass is 280 g/mol. The maximum absolute atomic E-state index is 12.3. The van der Waals surface area contributed by atoms with Crippen LogP contribution in [0.4, 0.5) is 0 Å². The molecule has 1 amide bonds. The van der Waals surface area contributed by atoms with Crippen molar-refractivity contribution in [2.24, 2.45) is 0 Å². The van der Waals surface area contributed by atoms with Crippen LogP contribution in [0.25, 0.3) is 11.0 Å². The van der Waals surface area contributed by atoms with Crippen LogP contribution in [-0.4, -0.2) is 36.5 Å². The molecular weight excluding hydrogens is 264 g/mol. The van der Waals surface area contributed by atoms with Gasteiger partial charge in [0.05, 0.1) is 0 Å². The molecule has 2 heterocycles. The molecule has 102 valence electrons. The number of piperazine rings is 1. The summed E-state index contributed by atoms with van der Waals surface area (Å²) < 4.78 is 5.61. The molecular formula is C14H17ClN2O2. The molecule has 0 saturated carbocycles. The molecule has 1 aliphatic heterocycles. The fourth-order valence-electron chi connectivity index (χ4n) is 2.36. The summed E-state index contributed by atoms with van der Waals surface area (Å²) in [6.07, 6.45) is 0. The highest BCUT2D eigenvalue weighted by Crippen LogP contribution is 2.20. The standard InChI is InChI=1S/C14H16N2O2.ClH/c1-10-9-16(7-6-15-10)14(17)13-8-11-4-2-3-5-12(11)18-13;/h2-5,8,10,15H,6-7,9H2,1H3;1H/t10-;/m1./s1. The fraction of sp³-hybridized carbons (Fsp3) is 0.357. The first kappa shape index (κ1) is 13.9. The lowest BCUT2D eigenvalue weighted by Gasteiger charge is -2.31. The zero-order valence-electron chi connectivity index (χ0n) is 10.8. The highest BCUT2D eigenvalue weighted by atomic mass is 35.5. The minimum atomic E-state index is -0.0143. The predicted molar refractivity (Wildman–Crippen MR) is 76.8 cm³/mol. The second-order valence-corrected chi connectivity index (χ2v) is 4.75. The van der Waals surface area contributed by atoms with Gasteiger partial charge in [-0.15, -0.1) is 12.4 Å². The van der Waals surface area contributed by atoms with Gasteiger partial charge >= 0.3 is 0 Å². The second kappa shape index (κ2) is 5.63. The van der Waals surface area contributed by atoms with Crippen LogP contribution in [0.15, 0.2) is 34.7 Å². The molecule has 1 atom stereocenters. The summed E-state index contributed by atoms with van der Waals surface area (Å²) in [4.78, 5) is 14.2. The zero-order chi connectivity index (χ0) is 12.5. The number of amides is 1. The Hall–Kier alpha value is -1.52. The Bertz CT molecular complexity index is 549. The van der Waals surface area contributed by atoms with Crippen LogP contribution in [0.1, 0.15) is 17.5 Å². The Morgan fingerprint density at radius 2 is 2.21 bits per heavy atom. The average molecular weight is 281 g/mol. The lowest BCUT2D eigenvalue weighted by Crippen LogP contribution is -2.51. The molecule has 2 aromatic rings. The third kappa shape index (κ3) is 2.74. The van der Waals surface area contributed by atoms with E-state index < -0.39 is 0 Å². The lowest BCUT2D eigenvalue weighted by molar-refractivity contribution is 0.0679. The number of carbonyl (C=O) groups is 1. The molecule has 1 N–H and O–H groups in total. The van der Waals surface area contributed by atoms with E-state index in [9.17, 15) is 4.79 Å². The van der Waals surface area contributed by atoms with E-state index in [1.165, 1.54) is 0 Å². The van der Waals surface area contributed by atoms with Crippen LogP contribution < -0.4 is 5.32 Å². The average Bonchev–Trinajstić information content (AvgIpc) is 2.81. The number of nitrogens with one attached hydrogen (secondary N) is 1. The normalized spacial score (nSPS) is 19.2. The van der Waals surface area contributed by atoms with Crippen LogP contribution >= 0.6 is 12.4 Å². The molecule has 1 saturated heterocycles. The largest absolute Gasteiger partial charge is 0.451 e.